The van der Waals surface area contributed by atoms with Crippen molar-refractivity contribution in [2.45, 2.75) is 19.3 Å². The SMILES string of the molecule is CC1(C)c2ccccc2-c2c1ccc1c2c2cc(-c3ccc4c5ccccc5n(-c5ccccc5)c4c3)ccc2n1-c1ccccc1. The van der Waals surface area contributed by atoms with Crippen LogP contribution in [0.15, 0.2) is 158 Å². The molecule has 1 aliphatic rings. The number of aromatic nitrogens is 2. The summed E-state index contributed by atoms with van der Waals surface area (Å²) in [7, 11) is 0. The van der Waals surface area contributed by atoms with Gasteiger partial charge in [0.15, 0.2) is 0 Å². The molecule has 0 amide bonds. The van der Waals surface area contributed by atoms with Gasteiger partial charge in [-0.15, -0.1) is 0 Å². The van der Waals surface area contributed by atoms with Crippen molar-refractivity contribution in [1.29, 1.82) is 0 Å². The average molecular weight is 601 g/mol. The van der Waals surface area contributed by atoms with E-state index in [4.69, 9.17) is 0 Å². The summed E-state index contributed by atoms with van der Waals surface area (Å²) >= 11 is 0. The molecule has 9 aromatic rings. The fourth-order valence-corrected chi connectivity index (χ4v) is 8.34. The van der Waals surface area contributed by atoms with Crippen LogP contribution in [0.2, 0.25) is 0 Å². The molecular weight excluding hydrogens is 569 g/mol. The van der Waals surface area contributed by atoms with Crippen molar-refractivity contribution in [3.63, 3.8) is 0 Å². The fourth-order valence-electron chi connectivity index (χ4n) is 8.34. The van der Waals surface area contributed by atoms with Crippen molar-refractivity contribution in [3.05, 3.63) is 169 Å². The van der Waals surface area contributed by atoms with Crippen molar-refractivity contribution in [1.82, 2.24) is 9.13 Å². The zero-order chi connectivity index (χ0) is 31.3. The predicted octanol–water partition coefficient (Wildman–Crippen LogP) is 11.9. The third-order valence-electron chi connectivity index (χ3n) is 10.5. The molecule has 0 bridgehead atoms. The molecule has 0 saturated heterocycles. The van der Waals surface area contributed by atoms with Gasteiger partial charge in [0.2, 0.25) is 0 Å². The van der Waals surface area contributed by atoms with Gasteiger partial charge in [0, 0.05) is 38.3 Å². The summed E-state index contributed by atoms with van der Waals surface area (Å²) in [4.78, 5) is 0. The maximum Gasteiger partial charge on any atom is 0.0547 e. The topological polar surface area (TPSA) is 9.86 Å². The fraction of sp³-hybridized carbons (Fsp3) is 0.0667. The number of benzene rings is 7. The first kappa shape index (κ1) is 26.4. The summed E-state index contributed by atoms with van der Waals surface area (Å²) in [5.74, 6) is 0. The van der Waals surface area contributed by atoms with Crippen molar-refractivity contribution in [2.75, 3.05) is 0 Å². The molecule has 222 valence electrons. The highest BCUT2D eigenvalue weighted by Crippen LogP contribution is 2.53. The van der Waals surface area contributed by atoms with E-state index in [0.717, 1.165) is 0 Å². The molecule has 10 rings (SSSR count). The van der Waals surface area contributed by atoms with Crippen LogP contribution in [0.3, 0.4) is 0 Å². The second-order valence-corrected chi connectivity index (χ2v) is 13.4. The summed E-state index contributed by atoms with van der Waals surface area (Å²) in [6.07, 6.45) is 0. The molecule has 0 radical (unpaired) electrons. The lowest BCUT2D eigenvalue weighted by Gasteiger charge is -2.21. The number of hydrogen-bond donors (Lipinski definition) is 0. The highest BCUT2D eigenvalue weighted by atomic mass is 15.0. The van der Waals surface area contributed by atoms with Gasteiger partial charge in [-0.05, 0) is 88.0 Å². The first-order chi connectivity index (χ1) is 23.1. The third-order valence-corrected chi connectivity index (χ3v) is 10.5. The zero-order valence-electron chi connectivity index (χ0n) is 26.4. The van der Waals surface area contributed by atoms with Gasteiger partial charge in [-0.2, -0.15) is 0 Å². The van der Waals surface area contributed by atoms with E-state index < -0.39 is 0 Å². The van der Waals surface area contributed by atoms with Crippen LogP contribution in [0, 0.1) is 0 Å². The molecule has 2 aromatic heterocycles. The van der Waals surface area contributed by atoms with E-state index >= 15 is 0 Å². The Morgan fingerprint density at radius 1 is 0.404 bits per heavy atom. The Morgan fingerprint density at radius 2 is 0.979 bits per heavy atom. The van der Waals surface area contributed by atoms with Crippen LogP contribution in [0.4, 0.5) is 0 Å². The summed E-state index contributed by atoms with van der Waals surface area (Å²) in [6.45, 7) is 4.73. The largest absolute Gasteiger partial charge is 0.309 e. The highest BCUT2D eigenvalue weighted by molar-refractivity contribution is 6.19. The van der Waals surface area contributed by atoms with Gasteiger partial charge >= 0.3 is 0 Å². The Bertz CT molecular complexity index is 2690. The van der Waals surface area contributed by atoms with E-state index in [9.17, 15) is 0 Å². The van der Waals surface area contributed by atoms with E-state index in [1.165, 1.54) is 88.4 Å². The molecule has 0 atom stereocenters. The van der Waals surface area contributed by atoms with E-state index in [-0.39, 0.29) is 5.41 Å². The lowest BCUT2D eigenvalue weighted by atomic mass is 9.82. The summed E-state index contributed by atoms with van der Waals surface area (Å²) in [5.41, 5.74) is 15.2. The number of hydrogen-bond acceptors (Lipinski definition) is 0. The van der Waals surface area contributed by atoms with Crippen molar-refractivity contribution in [3.8, 4) is 33.6 Å². The van der Waals surface area contributed by atoms with Crippen LogP contribution in [0.5, 0.6) is 0 Å². The molecule has 1 aliphatic carbocycles. The maximum absolute atomic E-state index is 2.44. The lowest BCUT2D eigenvalue weighted by Crippen LogP contribution is -2.14. The number of para-hydroxylation sites is 3. The molecular formula is C45H32N2. The highest BCUT2D eigenvalue weighted by Gasteiger charge is 2.37. The monoisotopic (exact) mass is 600 g/mol. The Hall–Kier alpha value is -5.86. The normalized spacial score (nSPS) is 13.5. The molecule has 0 saturated carbocycles. The third kappa shape index (κ3) is 3.61. The standard InChI is InChI=1S/C45H32N2/c1-45(2)37-19-11-9-18-35(37)43-38(45)24-26-41-44(43)36-27-29(22-25-40(36)46(41)31-13-5-3-6-14-31)30-21-23-34-33-17-10-12-20-39(33)47(42(34)28-30)32-15-7-4-8-16-32/h3-28H,1-2H3. The molecule has 2 heterocycles. The van der Waals surface area contributed by atoms with Gasteiger partial charge in [0.05, 0.1) is 22.1 Å². The van der Waals surface area contributed by atoms with Crippen LogP contribution in [0.25, 0.3) is 77.2 Å². The second-order valence-electron chi connectivity index (χ2n) is 13.4. The molecule has 0 fully saturated rings. The lowest BCUT2D eigenvalue weighted by molar-refractivity contribution is 0.661. The molecule has 7 aromatic carbocycles. The quantitative estimate of drug-likeness (QED) is 0.191. The van der Waals surface area contributed by atoms with Crippen molar-refractivity contribution >= 4 is 43.6 Å². The number of rotatable bonds is 3. The molecule has 2 nitrogen and oxygen atoms in total. The molecule has 0 spiro atoms. The van der Waals surface area contributed by atoms with Crippen LogP contribution >= 0.6 is 0 Å². The maximum atomic E-state index is 2.44. The van der Waals surface area contributed by atoms with Crippen LogP contribution < -0.4 is 0 Å². The minimum Gasteiger partial charge on any atom is -0.309 e. The van der Waals surface area contributed by atoms with Gasteiger partial charge in [-0.25, -0.2) is 0 Å². The molecule has 0 aliphatic heterocycles. The van der Waals surface area contributed by atoms with E-state index in [1.807, 2.05) is 0 Å². The first-order valence-corrected chi connectivity index (χ1v) is 16.5. The van der Waals surface area contributed by atoms with Gasteiger partial charge in [0.25, 0.3) is 0 Å². The van der Waals surface area contributed by atoms with Crippen molar-refractivity contribution in [2.24, 2.45) is 0 Å². The average Bonchev–Trinajstić information content (AvgIpc) is 3.72. The van der Waals surface area contributed by atoms with Crippen LogP contribution in [0.1, 0.15) is 25.0 Å². The Labute approximate surface area is 273 Å². The van der Waals surface area contributed by atoms with Gasteiger partial charge in [-0.3, -0.25) is 0 Å². The van der Waals surface area contributed by atoms with E-state index in [2.05, 4.69) is 181 Å². The number of nitrogens with zero attached hydrogens (tertiary/aromatic N) is 2. The first-order valence-electron chi connectivity index (χ1n) is 16.5. The van der Waals surface area contributed by atoms with Crippen LogP contribution in [-0.2, 0) is 5.41 Å². The summed E-state index contributed by atoms with van der Waals surface area (Å²) in [5, 5.41) is 5.16. The molecule has 0 N–H and O–H groups in total. The molecule has 0 unspecified atom stereocenters. The van der Waals surface area contributed by atoms with Gasteiger partial charge in [-0.1, -0.05) is 117 Å². The molecule has 47 heavy (non-hydrogen) atoms. The Morgan fingerprint density at radius 3 is 1.77 bits per heavy atom. The summed E-state index contributed by atoms with van der Waals surface area (Å²) < 4.78 is 4.85. The Balaban J connectivity index is 1.28. The van der Waals surface area contributed by atoms with Crippen molar-refractivity contribution < 1.29 is 0 Å². The van der Waals surface area contributed by atoms with Crippen LogP contribution in [-0.4, -0.2) is 9.13 Å². The van der Waals surface area contributed by atoms with E-state index in [0.29, 0.717) is 0 Å². The summed E-state index contributed by atoms with van der Waals surface area (Å²) in [6, 6.07) is 58.0. The minimum absolute atomic E-state index is 0.0607. The predicted molar refractivity (Wildman–Crippen MR) is 198 cm³/mol. The van der Waals surface area contributed by atoms with Gasteiger partial charge < -0.3 is 9.13 Å². The molecule has 2 heteroatoms. The number of fused-ring (bicyclic) bond motifs is 10. The second kappa shape index (κ2) is 9.57. The minimum atomic E-state index is -0.0607. The van der Waals surface area contributed by atoms with E-state index in [1.54, 1.807) is 0 Å². The smallest absolute Gasteiger partial charge is 0.0547 e. The Kier molecular flexibility index (Phi) is 5.37. The zero-order valence-corrected chi connectivity index (χ0v) is 26.4. The van der Waals surface area contributed by atoms with Gasteiger partial charge in [0.1, 0.15) is 0 Å².